The molecule has 0 aromatic heterocycles. The minimum Gasteiger partial charge on any atom is -0.493 e. The van der Waals surface area contributed by atoms with E-state index in [1.807, 2.05) is 30.9 Å². The Balaban J connectivity index is 1.75. The first-order valence-electron chi connectivity index (χ1n) is 7.91. The van der Waals surface area contributed by atoms with E-state index in [9.17, 15) is 4.79 Å². The topological polar surface area (TPSA) is 38.8 Å². The van der Waals surface area contributed by atoms with Crippen molar-refractivity contribution < 1.29 is 14.3 Å². The summed E-state index contributed by atoms with van der Waals surface area (Å²) in [5.41, 5.74) is 1.25. The van der Waals surface area contributed by atoms with Crippen molar-refractivity contribution in [3.8, 4) is 11.5 Å². The maximum atomic E-state index is 11.9. The molecular weight excluding hydrogens is 266 g/mol. The van der Waals surface area contributed by atoms with E-state index in [1.54, 1.807) is 0 Å². The highest BCUT2D eigenvalue weighted by Crippen LogP contribution is 2.29. The Hall–Kier alpha value is -1.71. The highest BCUT2D eigenvalue weighted by Gasteiger charge is 2.11. The Morgan fingerprint density at radius 3 is 2.90 bits per heavy atom. The Morgan fingerprint density at radius 2 is 2.14 bits per heavy atom. The van der Waals surface area contributed by atoms with Crippen LogP contribution in [0.15, 0.2) is 18.2 Å². The number of fused-ring (bicyclic) bond motifs is 1. The number of carbonyl (C=O) groups is 1. The molecule has 4 nitrogen and oxygen atoms in total. The fourth-order valence-electron chi connectivity index (χ4n) is 2.56. The van der Waals surface area contributed by atoms with Crippen LogP contribution in [-0.4, -0.2) is 37.1 Å². The maximum Gasteiger partial charge on any atom is 0.222 e. The highest BCUT2D eigenvalue weighted by molar-refractivity contribution is 5.76. The van der Waals surface area contributed by atoms with Crippen molar-refractivity contribution in [2.45, 2.75) is 39.5 Å². The lowest BCUT2D eigenvalue weighted by Crippen LogP contribution is -2.30. The van der Waals surface area contributed by atoms with Crippen LogP contribution in [0.2, 0.25) is 0 Å². The van der Waals surface area contributed by atoms with Gasteiger partial charge in [-0.1, -0.05) is 6.07 Å². The third-order valence-corrected chi connectivity index (χ3v) is 3.81. The zero-order chi connectivity index (χ0) is 15.1. The average Bonchev–Trinajstić information content (AvgIpc) is 2.52. The van der Waals surface area contributed by atoms with Gasteiger partial charge in [-0.05, 0) is 44.7 Å². The Morgan fingerprint density at radius 1 is 1.33 bits per heavy atom. The zero-order valence-corrected chi connectivity index (χ0v) is 13.1. The number of aryl methyl sites for hydroxylation is 1. The molecule has 0 fully saturated rings. The Bertz CT molecular complexity index is 469. The van der Waals surface area contributed by atoms with E-state index in [2.05, 4.69) is 6.07 Å². The summed E-state index contributed by atoms with van der Waals surface area (Å²) in [6.07, 6.45) is 3.45. The normalized spacial score (nSPS) is 13.2. The number of nitrogens with zero attached hydrogens (tertiary/aromatic N) is 1. The van der Waals surface area contributed by atoms with E-state index in [0.29, 0.717) is 13.0 Å². The molecule has 1 aliphatic heterocycles. The minimum atomic E-state index is 0.206. The lowest BCUT2D eigenvalue weighted by atomic mass is 10.1. The first-order valence-corrected chi connectivity index (χ1v) is 7.91. The molecule has 2 rings (SSSR count). The van der Waals surface area contributed by atoms with Crippen LogP contribution in [0, 0.1) is 0 Å². The van der Waals surface area contributed by atoms with Gasteiger partial charge in [-0.25, -0.2) is 0 Å². The summed E-state index contributed by atoms with van der Waals surface area (Å²) in [7, 11) is 0. The molecule has 0 saturated heterocycles. The van der Waals surface area contributed by atoms with Crippen molar-refractivity contribution in [1.29, 1.82) is 0 Å². The maximum absolute atomic E-state index is 11.9. The van der Waals surface area contributed by atoms with Gasteiger partial charge in [-0.15, -0.1) is 0 Å². The smallest absolute Gasteiger partial charge is 0.222 e. The molecular formula is C17H25NO3. The molecule has 0 saturated carbocycles. The molecule has 0 aliphatic carbocycles. The van der Waals surface area contributed by atoms with Crippen molar-refractivity contribution in [2.24, 2.45) is 0 Å². The van der Waals surface area contributed by atoms with Crippen LogP contribution in [0.3, 0.4) is 0 Å². The number of hydrogen-bond acceptors (Lipinski definition) is 3. The van der Waals surface area contributed by atoms with Gasteiger partial charge in [0.2, 0.25) is 5.91 Å². The van der Waals surface area contributed by atoms with Crippen LogP contribution < -0.4 is 9.47 Å². The third kappa shape index (κ3) is 4.38. The predicted octanol–water partition coefficient (Wildman–Crippen LogP) is 3.04. The second-order valence-electron chi connectivity index (χ2n) is 5.24. The van der Waals surface area contributed by atoms with Gasteiger partial charge in [0.15, 0.2) is 0 Å². The third-order valence-electron chi connectivity index (χ3n) is 3.81. The fraction of sp³-hybridized carbons (Fsp3) is 0.588. The number of amides is 1. The number of benzene rings is 1. The van der Waals surface area contributed by atoms with Crippen molar-refractivity contribution >= 4 is 5.91 Å². The lowest BCUT2D eigenvalue weighted by Gasteiger charge is -2.19. The quantitative estimate of drug-likeness (QED) is 0.725. The predicted molar refractivity (Wildman–Crippen MR) is 82.9 cm³/mol. The molecule has 0 atom stereocenters. The molecule has 0 N–H and O–H groups in total. The monoisotopic (exact) mass is 291 g/mol. The number of rotatable bonds is 7. The number of ether oxygens (including phenoxy) is 2. The van der Waals surface area contributed by atoms with Crippen LogP contribution in [0.5, 0.6) is 11.5 Å². The van der Waals surface area contributed by atoms with Crippen LogP contribution in [0.1, 0.15) is 38.7 Å². The summed E-state index contributed by atoms with van der Waals surface area (Å²) in [5, 5.41) is 0. The van der Waals surface area contributed by atoms with Crippen molar-refractivity contribution in [2.75, 3.05) is 26.3 Å². The molecule has 1 aliphatic rings. The summed E-state index contributed by atoms with van der Waals surface area (Å²) in [4.78, 5) is 13.7. The van der Waals surface area contributed by atoms with Gasteiger partial charge in [0.25, 0.3) is 0 Å². The fourth-order valence-corrected chi connectivity index (χ4v) is 2.56. The molecule has 0 radical (unpaired) electrons. The minimum absolute atomic E-state index is 0.206. The summed E-state index contributed by atoms with van der Waals surface area (Å²) in [6, 6.07) is 6.02. The Labute approximate surface area is 127 Å². The van der Waals surface area contributed by atoms with Crippen molar-refractivity contribution in [3.05, 3.63) is 23.8 Å². The van der Waals surface area contributed by atoms with Gasteiger partial charge >= 0.3 is 0 Å². The van der Waals surface area contributed by atoms with Crippen LogP contribution in [0.4, 0.5) is 0 Å². The SMILES string of the molecule is CCN(CC)C(=O)CCCOc1ccc2c(c1)OCCC2. The lowest BCUT2D eigenvalue weighted by molar-refractivity contribution is -0.131. The zero-order valence-electron chi connectivity index (χ0n) is 13.1. The molecule has 1 aromatic carbocycles. The Kier molecular flexibility index (Phi) is 5.90. The summed E-state index contributed by atoms with van der Waals surface area (Å²) < 4.78 is 11.3. The molecule has 1 aromatic rings. The first-order chi connectivity index (χ1) is 10.2. The second kappa shape index (κ2) is 7.91. The molecule has 21 heavy (non-hydrogen) atoms. The van der Waals surface area contributed by atoms with E-state index < -0.39 is 0 Å². The standard InChI is InChI=1S/C17H25NO3/c1-3-18(4-2)17(19)8-6-11-20-15-10-9-14-7-5-12-21-16(14)13-15/h9-10,13H,3-8,11-12H2,1-2H3. The molecule has 0 unspecified atom stereocenters. The second-order valence-corrected chi connectivity index (χ2v) is 5.24. The van der Waals surface area contributed by atoms with Gasteiger partial charge in [-0.3, -0.25) is 4.79 Å². The van der Waals surface area contributed by atoms with E-state index in [4.69, 9.17) is 9.47 Å². The van der Waals surface area contributed by atoms with E-state index in [-0.39, 0.29) is 5.91 Å². The molecule has 0 bridgehead atoms. The molecule has 1 heterocycles. The molecule has 4 heteroatoms. The van der Waals surface area contributed by atoms with Gasteiger partial charge in [0.05, 0.1) is 13.2 Å². The van der Waals surface area contributed by atoms with E-state index in [0.717, 1.165) is 50.5 Å². The van der Waals surface area contributed by atoms with Gasteiger partial charge in [0.1, 0.15) is 11.5 Å². The van der Waals surface area contributed by atoms with Crippen LogP contribution in [-0.2, 0) is 11.2 Å². The summed E-state index contributed by atoms with van der Waals surface area (Å²) >= 11 is 0. The van der Waals surface area contributed by atoms with E-state index >= 15 is 0 Å². The largest absolute Gasteiger partial charge is 0.493 e. The van der Waals surface area contributed by atoms with Gasteiger partial charge in [0, 0.05) is 25.6 Å². The summed E-state index contributed by atoms with van der Waals surface area (Å²) in [5.74, 6) is 1.97. The molecule has 1 amide bonds. The first kappa shape index (κ1) is 15.7. The highest BCUT2D eigenvalue weighted by atomic mass is 16.5. The van der Waals surface area contributed by atoms with Crippen LogP contribution in [0.25, 0.3) is 0 Å². The van der Waals surface area contributed by atoms with Crippen molar-refractivity contribution in [3.63, 3.8) is 0 Å². The summed E-state index contributed by atoms with van der Waals surface area (Å²) in [6.45, 7) is 6.91. The number of hydrogen-bond donors (Lipinski definition) is 0. The molecule has 0 spiro atoms. The van der Waals surface area contributed by atoms with Gasteiger partial charge in [-0.2, -0.15) is 0 Å². The van der Waals surface area contributed by atoms with Crippen LogP contribution >= 0.6 is 0 Å². The number of carbonyl (C=O) groups excluding carboxylic acids is 1. The van der Waals surface area contributed by atoms with Gasteiger partial charge < -0.3 is 14.4 Å². The van der Waals surface area contributed by atoms with E-state index in [1.165, 1.54) is 5.56 Å². The average molecular weight is 291 g/mol. The molecule has 116 valence electrons. The van der Waals surface area contributed by atoms with Crippen molar-refractivity contribution in [1.82, 2.24) is 4.90 Å².